The maximum atomic E-state index is 12.9. The van der Waals surface area contributed by atoms with Gasteiger partial charge in [0.1, 0.15) is 0 Å². The van der Waals surface area contributed by atoms with Crippen LogP contribution < -0.4 is 5.32 Å². The number of hydrogen-bond acceptors (Lipinski definition) is 4. The third kappa shape index (κ3) is 6.45. The van der Waals surface area contributed by atoms with Crippen LogP contribution in [-0.4, -0.2) is 46.9 Å². The number of aromatic nitrogens is 1. The summed E-state index contributed by atoms with van der Waals surface area (Å²) in [5, 5.41) is 2.87. The number of esters is 1. The van der Waals surface area contributed by atoms with Crippen molar-refractivity contribution < 1.29 is 19.1 Å². The molecule has 1 fully saturated rings. The molecule has 1 aromatic carbocycles. The van der Waals surface area contributed by atoms with Crippen LogP contribution in [0.3, 0.4) is 0 Å². The highest BCUT2D eigenvalue weighted by molar-refractivity contribution is 5.99. The lowest BCUT2D eigenvalue weighted by molar-refractivity contribution is -0.148. The predicted octanol–water partition coefficient (Wildman–Crippen LogP) is 5.67. The molecule has 0 atom stereocenters. The van der Waals surface area contributed by atoms with Gasteiger partial charge in [-0.2, -0.15) is 0 Å². The minimum absolute atomic E-state index is 0.167. The van der Waals surface area contributed by atoms with Crippen LogP contribution in [0.2, 0.25) is 0 Å². The largest absolute Gasteiger partial charge is 0.457 e. The van der Waals surface area contributed by atoms with E-state index in [1.165, 1.54) is 31.3 Å². The Morgan fingerprint density at radius 1 is 1.06 bits per heavy atom. The lowest BCUT2D eigenvalue weighted by Crippen LogP contribution is -2.42. The number of Topliss-reactive ketones (excluding diaryl/α,β-unsaturated/α-hetero) is 1. The third-order valence-corrected chi connectivity index (χ3v) is 7.40. The summed E-state index contributed by atoms with van der Waals surface area (Å²) in [6.07, 6.45) is 9.34. The number of urea groups is 1. The number of aryl methyl sites for hydroxylation is 1. The summed E-state index contributed by atoms with van der Waals surface area (Å²) in [6.45, 7) is 5.56. The zero-order chi connectivity index (χ0) is 25.5. The first kappa shape index (κ1) is 25.7. The van der Waals surface area contributed by atoms with E-state index in [0.717, 1.165) is 30.0 Å². The molecular formula is C29H37N3O4. The molecule has 2 amide bonds. The Hall–Kier alpha value is -3.35. The lowest BCUT2D eigenvalue weighted by Gasteiger charge is -2.30. The average Bonchev–Trinajstić information content (AvgIpc) is 3.20. The van der Waals surface area contributed by atoms with Crippen LogP contribution in [0, 0.1) is 19.8 Å². The highest BCUT2D eigenvalue weighted by Gasteiger charge is 2.29. The summed E-state index contributed by atoms with van der Waals surface area (Å²) in [4.78, 5) is 39.7. The summed E-state index contributed by atoms with van der Waals surface area (Å²) >= 11 is 0. The number of rotatable bonds is 8. The predicted molar refractivity (Wildman–Crippen MR) is 140 cm³/mol. The van der Waals surface area contributed by atoms with Gasteiger partial charge in [0.25, 0.3) is 0 Å². The molecule has 2 aliphatic rings. The van der Waals surface area contributed by atoms with E-state index < -0.39 is 0 Å². The normalized spacial score (nSPS) is 16.4. The van der Waals surface area contributed by atoms with Gasteiger partial charge in [0.2, 0.25) is 5.78 Å². The first-order valence-electron chi connectivity index (χ1n) is 13.1. The van der Waals surface area contributed by atoms with Gasteiger partial charge in [0.05, 0.1) is 5.92 Å². The summed E-state index contributed by atoms with van der Waals surface area (Å²) in [7, 11) is 0. The van der Waals surface area contributed by atoms with Crippen LogP contribution in [-0.2, 0) is 16.1 Å². The van der Waals surface area contributed by atoms with Crippen LogP contribution in [0.25, 0.3) is 0 Å². The lowest BCUT2D eigenvalue weighted by atomic mass is 9.97. The van der Waals surface area contributed by atoms with E-state index >= 15 is 0 Å². The molecule has 1 aliphatic heterocycles. The Kier molecular flexibility index (Phi) is 8.62. The molecule has 0 spiro atoms. The van der Waals surface area contributed by atoms with Crippen molar-refractivity contribution in [1.82, 2.24) is 9.47 Å². The van der Waals surface area contributed by atoms with Crippen molar-refractivity contribution in [3.8, 4) is 0 Å². The zero-order valence-electron chi connectivity index (χ0n) is 21.4. The third-order valence-electron chi connectivity index (χ3n) is 7.40. The minimum Gasteiger partial charge on any atom is -0.457 e. The van der Waals surface area contributed by atoms with Gasteiger partial charge in [-0.05, 0) is 77.0 Å². The standard InChI is InChI=1S/C29H37N3O4/c1-21-19-26(22(2)32(21)18-13-23-9-5-3-6-10-23)27(33)20-36-28(34)24-14-16-31(17-15-24)29(35)30-25-11-7-4-8-12-25/h4,7-9,11-12,19,24H,3,5-6,10,13-18,20H2,1-2H3,(H,30,35). The molecule has 7 nitrogen and oxygen atoms in total. The van der Waals surface area contributed by atoms with Gasteiger partial charge in [0.15, 0.2) is 6.61 Å². The van der Waals surface area contributed by atoms with Crippen LogP contribution in [0.15, 0.2) is 48.0 Å². The van der Waals surface area contributed by atoms with E-state index in [0.29, 0.717) is 31.5 Å². The maximum absolute atomic E-state index is 12.9. The van der Waals surface area contributed by atoms with E-state index in [4.69, 9.17) is 4.74 Å². The van der Waals surface area contributed by atoms with E-state index in [-0.39, 0.29) is 30.3 Å². The number of ketones is 1. The number of ether oxygens (including phenoxy) is 1. The molecular weight excluding hydrogens is 454 g/mol. The van der Waals surface area contributed by atoms with Crippen molar-refractivity contribution in [3.05, 3.63) is 65.0 Å². The molecule has 0 saturated carbocycles. The molecule has 2 aromatic rings. The van der Waals surface area contributed by atoms with E-state index in [1.54, 1.807) is 4.90 Å². The number of nitrogens with one attached hydrogen (secondary N) is 1. The fraction of sp³-hybridized carbons (Fsp3) is 0.483. The molecule has 1 saturated heterocycles. The molecule has 1 aliphatic carbocycles. The molecule has 36 heavy (non-hydrogen) atoms. The number of carbonyl (C=O) groups is 3. The van der Waals surface area contributed by atoms with Gasteiger partial charge in [-0.25, -0.2) is 4.79 Å². The number of amides is 2. The van der Waals surface area contributed by atoms with Crippen molar-refractivity contribution >= 4 is 23.5 Å². The number of likely N-dealkylation sites (tertiary alicyclic amines) is 1. The zero-order valence-corrected chi connectivity index (χ0v) is 21.4. The summed E-state index contributed by atoms with van der Waals surface area (Å²) in [5.41, 5.74) is 4.87. The van der Waals surface area contributed by atoms with E-state index in [1.807, 2.05) is 50.2 Å². The van der Waals surface area contributed by atoms with Gasteiger partial charge in [-0.1, -0.05) is 29.8 Å². The minimum atomic E-state index is -0.357. The number of carbonyl (C=O) groups excluding carboxylic acids is 3. The number of piperidine rings is 1. The molecule has 0 bridgehead atoms. The number of allylic oxidation sites excluding steroid dienone is 2. The smallest absolute Gasteiger partial charge is 0.321 e. The van der Waals surface area contributed by atoms with Crippen molar-refractivity contribution in [2.75, 3.05) is 25.0 Å². The second-order valence-corrected chi connectivity index (χ2v) is 9.88. The number of nitrogens with zero attached hydrogens (tertiary/aromatic N) is 2. The highest BCUT2D eigenvalue weighted by atomic mass is 16.5. The second-order valence-electron chi connectivity index (χ2n) is 9.88. The molecule has 1 N–H and O–H groups in total. The fourth-order valence-electron chi connectivity index (χ4n) is 5.19. The quantitative estimate of drug-likeness (QED) is 0.293. The summed E-state index contributed by atoms with van der Waals surface area (Å²) in [5.74, 6) is -0.821. The Bertz CT molecular complexity index is 1110. The molecule has 2 heterocycles. The Morgan fingerprint density at radius 3 is 2.50 bits per heavy atom. The molecule has 4 rings (SSSR count). The molecule has 7 heteroatoms. The van der Waals surface area contributed by atoms with Crippen LogP contribution >= 0.6 is 0 Å². The number of hydrogen-bond donors (Lipinski definition) is 1. The first-order chi connectivity index (χ1) is 17.4. The van der Waals surface area contributed by atoms with Crippen molar-refractivity contribution in [3.63, 3.8) is 0 Å². The van der Waals surface area contributed by atoms with Gasteiger partial charge in [0, 0.05) is 42.3 Å². The summed E-state index contributed by atoms with van der Waals surface area (Å²) in [6, 6.07) is 11.0. The molecule has 1 aromatic heterocycles. The molecule has 192 valence electrons. The van der Waals surface area contributed by atoms with Crippen LogP contribution in [0.4, 0.5) is 10.5 Å². The van der Waals surface area contributed by atoms with Crippen molar-refractivity contribution in [1.29, 1.82) is 0 Å². The van der Waals surface area contributed by atoms with Crippen molar-refractivity contribution in [2.24, 2.45) is 5.92 Å². The van der Waals surface area contributed by atoms with Gasteiger partial charge < -0.3 is 19.5 Å². The Balaban J connectivity index is 1.23. The second kappa shape index (κ2) is 12.1. The van der Waals surface area contributed by atoms with Gasteiger partial charge in [-0.15, -0.1) is 0 Å². The Labute approximate surface area is 213 Å². The first-order valence-corrected chi connectivity index (χ1v) is 13.1. The number of para-hydroxylation sites is 1. The summed E-state index contributed by atoms with van der Waals surface area (Å²) < 4.78 is 7.62. The highest BCUT2D eigenvalue weighted by Crippen LogP contribution is 2.24. The van der Waals surface area contributed by atoms with Gasteiger partial charge in [-0.3, -0.25) is 9.59 Å². The van der Waals surface area contributed by atoms with E-state index in [2.05, 4.69) is 16.0 Å². The van der Waals surface area contributed by atoms with Crippen LogP contribution in [0.5, 0.6) is 0 Å². The number of anilines is 1. The fourth-order valence-corrected chi connectivity index (χ4v) is 5.19. The van der Waals surface area contributed by atoms with Crippen molar-refractivity contribution in [2.45, 2.75) is 65.3 Å². The van der Waals surface area contributed by atoms with E-state index in [9.17, 15) is 14.4 Å². The molecule has 0 unspecified atom stereocenters. The monoisotopic (exact) mass is 491 g/mol. The number of benzene rings is 1. The topological polar surface area (TPSA) is 80.6 Å². The van der Waals surface area contributed by atoms with Crippen LogP contribution in [0.1, 0.15) is 66.7 Å². The Morgan fingerprint density at radius 2 is 1.81 bits per heavy atom. The SMILES string of the molecule is Cc1cc(C(=O)COC(=O)C2CCN(C(=O)Nc3ccccc3)CC2)c(C)n1CCC1=CCCCC1. The molecule has 0 radical (unpaired) electrons. The maximum Gasteiger partial charge on any atom is 0.321 e. The van der Waals surface area contributed by atoms with Gasteiger partial charge >= 0.3 is 12.0 Å². The average molecular weight is 492 g/mol.